The number of rotatable bonds is 5. The first-order valence-corrected chi connectivity index (χ1v) is 6.57. The fourth-order valence-electron chi connectivity index (χ4n) is 1.91. The van der Waals surface area contributed by atoms with Crippen molar-refractivity contribution in [3.05, 3.63) is 71.9 Å². The summed E-state index contributed by atoms with van der Waals surface area (Å²) in [4.78, 5) is 4.25. The molecule has 3 aromatic rings. The third-order valence-corrected chi connectivity index (χ3v) is 2.95. The zero-order chi connectivity index (χ0) is 14.5. The van der Waals surface area contributed by atoms with Crippen LogP contribution in [0.1, 0.15) is 17.3 Å². The number of aromatic hydroxyl groups is 1. The summed E-state index contributed by atoms with van der Waals surface area (Å²) < 4.78 is 10.7. The second-order valence-corrected chi connectivity index (χ2v) is 4.51. The first-order chi connectivity index (χ1) is 10.3. The molecule has 0 aliphatic rings. The summed E-state index contributed by atoms with van der Waals surface area (Å²) >= 11 is 0. The Morgan fingerprint density at radius 1 is 1.00 bits per heavy atom. The van der Waals surface area contributed by atoms with E-state index in [1.165, 1.54) is 0 Å². The van der Waals surface area contributed by atoms with E-state index < -0.39 is 0 Å². The molecule has 0 saturated carbocycles. The lowest BCUT2D eigenvalue weighted by atomic mass is 10.1. The molecule has 0 atom stereocenters. The highest BCUT2D eigenvalue weighted by Gasteiger charge is 2.10. The Morgan fingerprint density at radius 2 is 1.76 bits per heavy atom. The number of hydrogen-bond acceptors (Lipinski definition) is 5. The molecule has 0 aliphatic heterocycles. The minimum atomic E-state index is 0.220. The van der Waals surface area contributed by atoms with E-state index >= 15 is 0 Å². The van der Waals surface area contributed by atoms with Crippen LogP contribution in [-0.4, -0.2) is 15.2 Å². The minimum Gasteiger partial charge on any atom is -0.508 e. The van der Waals surface area contributed by atoms with Gasteiger partial charge < -0.3 is 14.4 Å². The predicted octanol–water partition coefficient (Wildman–Crippen LogP) is 2.95. The van der Waals surface area contributed by atoms with Crippen molar-refractivity contribution in [1.29, 1.82) is 0 Å². The van der Waals surface area contributed by atoms with E-state index in [1.807, 2.05) is 42.5 Å². The average molecular weight is 282 g/mol. The van der Waals surface area contributed by atoms with E-state index in [9.17, 15) is 5.11 Å². The summed E-state index contributed by atoms with van der Waals surface area (Å²) in [6.07, 6.45) is 0.394. The van der Waals surface area contributed by atoms with Crippen molar-refractivity contribution in [2.75, 3.05) is 0 Å². The van der Waals surface area contributed by atoms with Crippen LogP contribution in [0.25, 0.3) is 0 Å². The topological polar surface area (TPSA) is 68.4 Å². The summed E-state index contributed by atoms with van der Waals surface area (Å²) in [5.41, 5.74) is 0.747. The Morgan fingerprint density at radius 3 is 2.57 bits per heavy atom. The minimum absolute atomic E-state index is 0.220. The number of phenolic OH excluding ortho intramolecular Hbond substituents is 1. The zero-order valence-corrected chi connectivity index (χ0v) is 11.3. The molecule has 106 valence electrons. The molecule has 0 radical (unpaired) electrons. The molecule has 5 heteroatoms. The van der Waals surface area contributed by atoms with Gasteiger partial charge in [-0.3, -0.25) is 0 Å². The van der Waals surface area contributed by atoms with Crippen molar-refractivity contribution in [3.63, 3.8) is 0 Å². The van der Waals surface area contributed by atoms with Crippen molar-refractivity contribution in [2.45, 2.75) is 13.0 Å². The van der Waals surface area contributed by atoms with E-state index in [1.54, 1.807) is 12.1 Å². The van der Waals surface area contributed by atoms with Crippen molar-refractivity contribution in [1.82, 2.24) is 10.1 Å². The summed E-state index contributed by atoms with van der Waals surface area (Å²) in [5, 5.41) is 13.6. The fraction of sp³-hybridized carbons (Fsp3) is 0.125. The molecule has 0 spiro atoms. The van der Waals surface area contributed by atoms with Gasteiger partial charge in [0, 0.05) is 5.56 Å². The smallest absolute Gasteiger partial charge is 0.231 e. The van der Waals surface area contributed by atoms with Gasteiger partial charge in [0.25, 0.3) is 0 Å². The Bertz CT molecular complexity index is 710. The van der Waals surface area contributed by atoms with Crippen molar-refractivity contribution < 1.29 is 14.4 Å². The Labute approximate surface area is 121 Å². The van der Waals surface area contributed by atoms with Crippen molar-refractivity contribution in [2.24, 2.45) is 0 Å². The average Bonchev–Trinajstić information content (AvgIpc) is 2.96. The molecule has 0 aliphatic carbocycles. The molecule has 0 fully saturated rings. The van der Waals surface area contributed by atoms with Crippen LogP contribution in [0.4, 0.5) is 0 Å². The maximum absolute atomic E-state index is 9.72. The van der Waals surface area contributed by atoms with Crippen LogP contribution in [0, 0.1) is 0 Å². The normalized spacial score (nSPS) is 10.5. The van der Waals surface area contributed by atoms with Gasteiger partial charge >= 0.3 is 0 Å². The summed E-state index contributed by atoms with van der Waals surface area (Å²) in [7, 11) is 0. The lowest BCUT2D eigenvalue weighted by molar-refractivity contribution is 0.285. The van der Waals surface area contributed by atoms with Crippen LogP contribution in [-0.2, 0) is 13.0 Å². The van der Waals surface area contributed by atoms with E-state index in [-0.39, 0.29) is 12.4 Å². The largest absolute Gasteiger partial charge is 0.508 e. The maximum atomic E-state index is 9.72. The second-order valence-electron chi connectivity index (χ2n) is 4.51. The highest BCUT2D eigenvalue weighted by molar-refractivity contribution is 5.33. The first-order valence-electron chi connectivity index (χ1n) is 6.57. The van der Waals surface area contributed by atoms with Crippen molar-refractivity contribution >= 4 is 0 Å². The number of ether oxygens (including phenoxy) is 1. The predicted molar refractivity (Wildman–Crippen MR) is 76.0 cm³/mol. The Kier molecular flexibility index (Phi) is 3.82. The third-order valence-electron chi connectivity index (χ3n) is 2.95. The van der Waals surface area contributed by atoms with Crippen molar-refractivity contribution in [3.8, 4) is 11.5 Å². The van der Waals surface area contributed by atoms with Crippen LogP contribution in [0.5, 0.6) is 11.5 Å². The van der Waals surface area contributed by atoms with E-state index in [0.717, 1.165) is 11.3 Å². The van der Waals surface area contributed by atoms with Crippen LogP contribution in [0.2, 0.25) is 0 Å². The van der Waals surface area contributed by atoms with Crippen LogP contribution < -0.4 is 4.74 Å². The Hall–Kier alpha value is -2.82. The molecule has 2 aromatic carbocycles. The molecule has 21 heavy (non-hydrogen) atoms. The zero-order valence-electron chi connectivity index (χ0n) is 11.3. The molecule has 3 rings (SSSR count). The number of para-hydroxylation sites is 2. The van der Waals surface area contributed by atoms with Gasteiger partial charge in [-0.25, -0.2) is 0 Å². The van der Waals surface area contributed by atoms with E-state index in [0.29, 0.717) is 18.1 Å². The lowest BCUT2D eigenvalue weighted by Gasteiger charge is -2.01. The molecule has 1 N–H and O–H groups in total. The summed E-state index contributed by atoms with van der Waals surface area (Å²) in [5.74, 6) is 1.90. The van der Waals surface area contributed by atoms with Gasteiger partial charge in [-0.2, -0.15) is 4.98 Å². The lowest BCUT2D eigenvalue weighted by Crippen LogP contribution is -1.97. The first kappa shape index (κ1) is 13.2. The van der Waals surface area contributed by atoms with Gasteiger partial charge in [-0.05, 0) is 18.2 Å². The molecule has 5 nitrogen and oxygen atoms in total. The van der Waals surface area contributed by atoms with Gasteiger partial charge in [-0.1, -0.05) is 41.6 Å². The van der Waals surface area contributed by atoms with E-state index in [4.69, 9.17) is 9.26 Å². The SMILES string of the molecule is Oc1ccccc1Cc1nc(COc2ccccc2)no1. The molecule has 1 aromatic heterocycles. The van der Waals surface area contributed by atoms with E-state index in [2.05, 4.69) is 10.1 Å². The summed E-state index contributed by atoms with van der Waals surface area (Å²) in [6.45, 7) is 0.244. The van der Waals surface area contributed by atoms with Crippen LogP contribution >= 0.6 is 0 Å². The highest BCUT2D eigenvalue weighted by atomic mass is 16.5. The molecule has 0 unspecified atom stereocenters. The number of phenols is 1. The van der Waals surface area contributed by atoms with Gasteiger partial charge in [0.1, 0.15) is 11.5 Å². The molecule has 0 saturated heterocycles. The number of hydrogen-bond donors (Lipinski definition) is 1. The number of benzene rings is 2. The van der Waals surface area contributed by atoms with Gasteiger partial charge in [0.05, 0.1) is 6.42 Å². The third kappa shape index (κ3) is 3.39. The van der Waals surface area contributed by atoms with Gasteiger partial charge in [0.2, 0.25) is 11.7 Å². The standard InChI is InChI=1S/C16H14N2O3/c19-14-9-5-4-6-12(14)10-16-17-15(18-21-16)11-20-13-7-2-1-3-8-13/h1-9,19H,10-11H2. The molecular weight excluding hydrogens is 268 g/mol. The second kappa shape index (κ2) is 6.09. The van der Waals surface area contributed by atoms with Gasteiger partial charge in [-0.15, -0.1) is 0 Å². The maximum Gasteiger partial charge on any atom is 0.231 e. The van der Waals surface area contributed by atoms with Crippen LogP contribution in [0.3, 0.4) is 0 Å². The quantitative estimate of drug-likeness (QED) is 0.779. The molecular formula is C16H14N2O3. The number of aromatic nitrogens is 2. The molecule has 1 heterocycles. The van der Waals surface area contributed by atoms with Gasteiger partial charge in [0.15, 0.2) is 6.61 Å². The number of nitrogens with zero attached hydrogens (tertiary/aromatic N) is 2. The highest BCUT2D eigenvalue weighted by Crippen LogP contribution is 2.19. The fourth-order valence-corrected chi connectivity index (χ4v) is 1.91. The monoisotopic (exact) mass is 282 g/mol. The molecule has 0 amide bonds. The Balaban J connectivity index is 1.63. The molecule has 0 bridgehead atoms. The summed E-state index contributed by atoms with van der Waals surface area (Å²) in [6, 6.07) is 16.5. The van der Waals surface area contributed by atoms with Crippen LogP contribution in [0.15, 0.2) is 59.1 Å².